The van der Waals surface area contributed by atoms with Crippen molar-refractivity contribution < 1.29 is 4.74 Å². The second kappa shape index (κ2) is 9.28. The molecule has 0 saturated carbocycles. The molecule has 0 amide bonds. The lowest BCUT2D eigenvalue weighted by Crippen LogP contribution is -2.30. The van der Waals surface area contributed by atoms with Crippen LogP contribution in [-0.2, 0) is 13.1 Å². The highest BCUT2D eigenvalue weighted by Crippen LogP contribution is 2.23. The predicted molar refractivity (Wildman–Crippen MR) is 122 cm³/mol. The molecular formula is C22H24ClN5O3. The summed E-state index contributed by atoms with van der Waals surface area (Å²) in [5.74, 6) is 1.12. The molecule has 0 spiro atoms. The molecule has 0 aliphatic carbocycles. The van der Waals surface area contributed by atoms with Crippen LogP contribution in [0.5, 0.6) is 5.75 Å². The molecule has 2 heterocycles. The average Bonchev–Trinajstić information content (AvgIpc) is 2.73. The van der Waals surface area contributed by atoms with Crippen molar-refractivity contribution in [1.29, 1.82) is 0 Å². The van der Waals surface area contributed by atoms with Gasteiger partial charge in [-0.25, -0.2) is 9.78 Å². The zero-order valence-corrected chi connectivity index (χ0v) is 18.4. The van der Waals surface area contributed by atoms with Crippen LogP contribution in [0.1, 0.15) is 16.7 Å². The van der Waals surface area contributed by atoms with Crippen molar-refractivity contribution in [3.8, 4) is 17.3 Å². The molecule has 2 aliphatic rings. The Hall–Kier alpha value is -3.23. The maximum absolute atomic E-state index is 12.3. The van der Waals surface area contributed by atoms with Gasteiger partial charge in [-0.3, -0.25) is 9.78 Å². The molecule has 31 heavy (non-hydrogen) atoms. The highest BCUT2D eigenvalue weighted by Gasteiger charge is 2.19. The van der Waals surface area contributed by atoms with Crippen molar-refractivity contribution in [3.05, 3.63) is 73.9 Å². The van der Waals surface area contributed by atoms with Gasteiger partial charge in [0.15, 0.2) is 11.5 Å². The molecule has 9 heteroatoms. The number of nitrogens with one attached hydrogen (secondary N) is 2. The Bertz CT molecular complexity index is 1300. The number of nitrogens with zero attached hydrogens (tertiary/aromatic N) is 3. The summed E-state index contributed by atoms with van der Waals surface area (Å²) in [5.41, 5.74) is 3.84. The number of halogens is 1. The number of H-pyrrole nitrogens is 1. The van der Waals surface area contributed by atoms with E-state index in [1.54, 1.807) is 7.11 Å². The minimum Gasteiger partial charge on any atom is -0.497 e. The summed E-state index contributed by atoms with van der Waals surface area (Å²) in [4.78, 5) is 34.9. The molecule has 2 aliphatic heterocycles. The number of aromatic amines is 1. The van der Waals surface area contributed by atoms with E-state index in [2.05, 4.69) is 20.3 Å². The Balaban J connectivity index is 0.00000272. The van der Waals surface area contributed by atoms with Gasteiger partial charge in [-0.15, -0.1) is 12.4 Å². The summed E-state index contributed by atoms with van der Waals surface area (Å²) in [6.45, 7) is 5.87. The summed E-state index contributed by atoms with van der Waals surface area (Å²) in [7, 11) is 1.64. The van der Waals surface area contributed by atoms with Crippen LogP contribution >= 0.6 is 12.4 Å². The van der Waals surface area contributed by atoms with Gasteiger partial charge in [-0.2, -0.15) is 4.98 Å². The number of rotatable bonds is 6. The number of hydrogen-bond donors (Lipinski definition) is 2. The monoisotopic (exact) mass is 441 g/mol. The predicted octanol–water partition coefficient (Wildman–Crippen LogP) is 2.42. The third kappa shape index (κ3) is 4.60. The van der Waals surface area contributed by atoms with Crippen molar-refractivity contribution in [2.24, 2.45) is 0 Å². The second-order valence-corrected chi connectivity index (χ2v) is 7.26. The van der Waals surface area contributed by atoms with Crippen molar-refractivity contribution in [3.63, 3.8) is 0 Å². The molecule has 4 rings (SSSR count). The van der Waals surface area contributed by atoms with Gasteiger partial charge in [-0.05, 0) is 54.8 Å². The molecular weight excluding hydrogens is 418 g/mol. The van der Waals surface area contributed by atoms with Crippen LogP contribution in [0, 0.1) is 13.8 Å². The summed E-state index contributed by atoms with van der Waals surface area (Å²) < 4.78 is 7.07. The summed E-state index contributed by atoms with van der Waals surface area (Å²) >= 11 is 0. The van der Waals surface area contributed by atoms with Crippen LogP contribution in [-0.4, -0.2) is 33.2 Å². The first-order chi connectivity index (χ1) is 14.5. The van der Waals surface area contributed by atoms with Crippen molar-refractivity contribution >= 4 is 23.4 Å². The Morgan fingerprint density at radius 2 is 1.77 bits per heavy atom. The van der Waals surface area contributed by atoms with Gasteiger partial charge in [0.1, 0.15) is 5.75 Å². The lowest BCUT2D eigenvalue weighted by atomic mass is 10.1. The Morgan fingerprint density at radius 1 is 1.06 bits per heavy atom. The van der Waals surface area contributed by atoms with Crippen molar-refractivity contribution in [2.45, 2.75) is 26.9 Å². The molecule has 0 radical (unpaired) electrons. The zero-order valence-electron chi connectivity index (χ0n) is 17.6. The average molecular weight is 442 g/mol. The SMILES string of the molecule is COc1ccc(CNCCn2c3nc(=O)[nH]c(=O)c-3nc3cc(C)c(C)cc32)cc1.Cl. The summed E-state index contributed by atoms with van der Waals surface area (Å²) in [6, 6.07) is 11.8. The number of ether oxygens (including phenoxy) is 1. The van der Waals surface area contributed by atoms with E-state index < -0.39 is 11.2 Å². The van der Waals surface area contributed by atoms with Crippen LogP contribution in [0.3, 0.4) is 0 Å². The van der Waals surface area contributed by atoms with E-state index in [1.807, 2.05) is 54.8 Å². The van der Waals surface area contributed by atoms with Gasteiger partial charge >= 0.3 is 5.69 Å². The van der Waals surface area contributed by atoms with E-state index in [-0.39, 0.29) is 18.1 Å². The Morgan fingerprint density at radius 3 is 2.48 bits per heavy atom. The van der Waals surface area contributed by atoms with Crippen LogP contribution in [0.25, 0.3) is 22.6 Å². The molecule has 2 N–H and O–H groups in total. The fourth-order valence-corrected chi connectivity index (χ4v) is 3.44. The maximum atomic E-state index is 12.3. The van der Waals surface area contributed by atoms with Gasteiger partial charge in [0.2, 0.25) is 0 Å². The molecule has 0 atom stereocenters. The normalized spacial score (nSPS) is 10.9. The standard InChI is InChI=1S/C22H23N5O3.ClH/c1-13-10-17-18(11-14(13)2)27(20-19(24-17)21(28)26-22(29)25-20)9-8-23-12-15-4-6-16(30-3)7-5-15;/h4-7,10-11,23H,8-9,12H2,1-3H3,(H,26,28,29);1H. The smallest absolute Gasteiger partial charge is 0.349 e. The van der Waals surface area contributed by atoms with E-state index in [4.69, 9.17) is 4.74 Å². The van der Waals surface area contributed by atoms with Crippen LogP contribution in [0.15, 0.2) is 46.0 Å². The fourth-order valence-electron chi connectivity index (χ4n) is 3.44. The molecule has 2 aromatic carbocycles. The summed E-state index contributed by atoms with van der Waals surface area (Å²) in [5, 5.41) is 3.40. The van der Waals surface area contributed by atoms with Gasteiger partial charge < -0.3 is 14.6 Å². The second-order valence-electron chi connectivity index (χ2n) is 7.26. The molecule has 2 aromatic rings. The molecule has 0 bridgehead atoms. The molecule has 0 fully saturated rings. The van der Waals surface area contributed by atoms with Gasteiger partial charge in [-0.1, -0.05) is 12.1 Å². The highest BCUT2D eigenvalue weighted by atomic mass is 35.5. The maximum Gasteiger partial charge on any atom is 0.349 e. The number of hydrogen-bond acceptors (Lipinski definition) is 6. The topological polar surface area (TPSA) is 102 Å². The zero-order chi connectivity index (χ0) is 21.3. The van der Waals surface area contributed by atoms with E-state index in [9.17, 15) is 9.59 Å². The lowest BCUT2D eigenvalue weighted by Gasteiger charge is -2.18. The molecule has 162 valence electrons. The minimum atomic E-state index is -0.669. The molecule has 8 nitrogen and oxygen atoms in total. The molecule has 0 saturated heterocycles. The van der Waals surface area contributed by atoms with Gasteiger partial charge in [0, 0.05) is 19.6 Å². The van der Waals surface area contributed by atoms with E-state index in [0.717, 1.165) is 28.0 Å². The summed E-state index contributed by atoms with van der Waals surface area (Å²) in [6.07, 6.45) is 0. The minimum absolute atomic E-state index is 0. The third-order valence-corrected chi connectivity index (χ3v) is 5.22. The fraction of sp³-hybridized carbons (Fsp3) is 0.273. The Kier molecular flexibility index (Phi) is 6.72. The number of aromatic nitrogens is 4. The van der Waals surface area contributed by atoms with E-state index in [0.29, 0.717) is 31.0 Å². The molecule has 0 unspecified atom stereocenters. The lowest BCUT2D eigenvalue weighted by molar-refractivity contribution is 0.414. The third-order valence-electron chi connectivity index (χ3n) is 5.22. The van der Waals surface area contributed by atoms with Crippen molar-refractivity contribution in [1.82, 2.24) is 24.8 Å². The first kappa shape index (κ1) is 22.5. The largest absolute Gasteiger partial charge is 0.497 e. The number of methoxy groups -OCH3 is 1. The number of benzene rings is 2. The quantitative estimate of drug-likeness (QED) is 0.352. The van der Waals surface area contributed by atoms with E-state index in [1.165, 1.54) is 0 Å². The van der Waals surface area contributed by atoms with Crippen molar-refractivity contribution in [2.75, 3.05) is 13.7 Å². The highest BCUT2D eigenvalue weighted by molar-refractivity contribution is 5.85. The molecule has 0 aromatic heterocycles. The van der Waals surface area contributed by atoms with Gasteiger partial charge in [0.05, 0.1) is 18.1 Å². The Labute approximate surface area is 185 Å². The first-order valence-corrected chi connectivity index (χ1v) is 9.72. The van der Waals surface area contributed by atoms with Crippen LogP contribution < -0.4 is 21.3 Å². The van der Waals surface area contributed by atoms with Gasteiger partial charge in [0.25, 0.3) is 5.56 Å². The van der Waals surface area contributed by atoms with Crippen LogP contribution in [0.4, 0.5) is 0 Å². The number of fused-ring (bicyclic) bond motifs is 2. The number of aryl methyl sites for hydroxylation is 2. The van der Waals surface area contributed by atoms with E-state index >= 15 is 0 Å². The first-order valence-electron chi connectivity index (χ1n) is 9.72. The van der Waals surface area contributed by atoms with Crippen LogP contribution in [0.2, 0.25) is 0 Å².